The van der Waals surface area contributed by atoms with Crippen molar-refractivity contribution in [3.05, 3.63) is 140 Å². The second kappa shape index (κ2) is 12.3. The van der Waals surface area contributed by atoms with E-state index in [9.17, 15) is 22.0 Å². The van der Waals surface area contributed by atoms with E-state index < -0.39 is 35.0 Å². The SMILES string of the molecule is Cc1cc(C)c(C(c2cccc(-c3[c-]cc(F)c(F)c3F)n2)c2cccc(-c3[c-]cc(F)c(Br)c3F)n2)c(C)c1.[Pt+2]. The Labute approximate surface area is 257 Å². The average molecular weight is 802 g/mol. The van der Waals surface area contributed by atoms with Crippen LogP contribution in [0.4, 0.5) is 22.0 Å². The number of hydrogen-bond donors (Lipinski definition) is 0. The first-order valence-electron chi connectivity index (χ1n) is 12.2. The van der Waals surface area contributed by atoms with E-state index in [1.807, 2.05) is 32.9 Å². The number of halogens is 6. The Bertz CT molecular complexity index is 1650. The summed E-state index contributed by atoms with van der Waals surface area (Å²) in [4.78, 5) is 9.37. The molecule has 1 unspecified atom stereocenters. The van der Waals surface area contributed by atoms with Crippen LogP contribution in [0.15, 0.2) is 65.1 Å². The van der Waals surface area contributed by atoms with Crippen molar-refractivity contribution in [1.29, 1.82) is 0 Å². The number of pyridine rings is 2. The maximum absolute atomic E-state index is 15.0. The average Bonchev–Trinajstić information content (AvgIpc) is 2.92. The zero-order valence-corrected chi connectivity index (χ0v) is 25.7. The number of rotatable bonds is 5. The molecule has 2 nitrogen and oxygen atoms in total. The van der Waals surface area contributed by atoms with Crippen LogP contribution in [0.1, 0.15) is 39.6 Å². The first kappa shape index (κ1) is 30.7. The van der Waals surface area contributed by atoms with Gasteiger partial charge in [-0.2, -0.15) is 0 Å². The molecule has 5 aromatic rings. The molecule has 2 aromatic heterocycles. The molecular weight excluding hydrogens is 782 g/mol. The van der Waals surface area contributed by atoms with Crippen LogP contribution in [-0.2, 0) is 21.1 Å². The van der Waals surface area contributed by atoms with Crippen molar-refractivity contribution in [2.45, 2.75) is 26.7 Å². The minimum absolute atomic E-state index is 0. The summed E-state index contributed by atoms with van der Waals surface area (Å²) in [6, 6.07) is 20.7. The van der Waals surface area contributed by atoms with Crippen molar-refractivity contribution >= 4 is 15.9 Å². The van der Waals surface area contributed by atoms with E-state index in [-0.39, 0.29) is 48.1 Å². The zero-order chi connectivity index (χ0) is 28.7. The molecule has 0 N–H and O–H groups in total. The molecule has 0 saturated carbocycles. The van der Waals surface area contributed by atoms with Gasteiger partial charge in [-0.15, -0.1) is 24.3 Å². The van der Waals surface area contributed by atoms with Crippen LogP contribution in [0.25, 0.3) is 22.5 Å². The first-order chi connectivity index (χ1) is 19.1. The van der Waals surface area contributed by atoms with Gasteiger partial charge in [-0.05, 0) is 61.0 Å². The van der Waals surface area contributed by atoms with Crippen LogP contribution in [-0.4, -0.2) is 9.97 Å². The van der Waals surface area contributed by atoms with Crippen molar-refractivity contribution in [3.8, 4) is 22.5 Å². The first-order valence-corrected chi connectivity index (χ1v) is 13.0. The van der Waals surface area contributed by atoms with Gasteiger partial charge in [-0.3, -0.25) is 17.6 Å². The van der Waals surface area contributed by atoms with Gasteiger partial charge < -0.3 is 9.97 Å². The Balaban J connectivity index is 0.00000387. The van der Waals surface area contributed by atoms with Gasteiger partial charge in [0, 0.05) is 15.9 Å². The van der Waals surface area contributed by atoms with E-state index in [4.69, 9.17) is 4.98 Å². The topological polar surface area (TPSA) is 25.8 Å². The maximum Gasteiger partial charge on any atom is 2.00 e. The van der Waals surface area contributed by atoms with Crippen LogP contribution < -0.4 is 0 Å². The van der Waals surface area contributed by atoms with Crippen LogP contribution in [0.5, 0.6) is 0 Å². The number of benzene rings is 3. The third-order valence-corrected chi connectivity index (χ3v) is 7.33. The Morgan fingerprint density at radius 1 is 0.683 bits per heavy atom. The van der Waals surface area contributed by atoms with Gasteiger partial charge in [0.1, 0.15) is 5.82 Å². The molecule has 210 valence electrons. The van der Waals surface area contributed by atoms with E-state index in [0.29, 0.717) is 11.4 Å². The fourth-order valence-electron chi connectivity index (χ4n) is 4.92. The molecule has 0 saturated heterocycles. The van der Waals surface area contributed by atoms with Gasteiger partial charge in [0.2, 0.25) is 0 Å². The Morgan fingerprint density at radius 2 is 1.17 bits per heavy atom. The molecular formula is C32H20BrF5N2Pt. The maximum atomic E-state index is 15.0. The molecule has 2 heterocycles. The summed E-state index contributed by atoms with van der Waals surface area (Å²) in [5, 5.41) is 0. The standard InChI is InChI=1S/C32H20BrF5N2.Pt/c1-16-14-17(2)27(18(3)15-16)28(25-8-4-6-23(39-25)19-10-12-21(34)29(33)30(19)36)26-9-5-7-24(40-26)20-11-13-22(35)32(38)31(20)37;/h4-9,12-15,28H,1-3H3;/q-2;+2. The fourth-order valence-corrected chi connectivity index (χ4v) is 5.24. The molecule has 1 atom stereocenters. The third-order valence-electron chi connectivity index (χ3n) is 6.60. The van der Waals surface area contributed by atoms with E-state index >= 15 is 0 Å². The van der Waals surface area contributed by atoms with Gasteiger partial charge >= 0.3 is 21.1 Å². The molecule has 0 aliphatic rings. The van der Waals surface area contributed by atoms with Crippen LogP contribution in [0.3, 0.4) is 0 Å². The number of nitrogens with zero attached hydrogens (tertiary/aromatic N) is 2. The number of hydrogen-bond acceptors (Lipinski definition) is 2. The smallest absolute Gasteiger partial charge is 0.300 e. The molecule has 0 fully saturated rings. The normalized spacial score (nSPS) is 11.7. The van der Waals surface area contributed by atoms with Gasteiger partial charge in [0.25, 0.3) is 0 Å². The molecule has 0 radical (unpaired) electrons. The van der Waals surface area contributed by atoms with Crippen molar-refractivity contribution < 1.29 is 43.0 Å². The summed E-state index contributed by atoms with van der Waals surface area (Å²) < 4.78 is 70.8. The predicted octanol–water partition coefficient (Wildman–Crippen LogP) is 8.97. The van der Waals surface area contributed by atoms with E-state index in [2.05, 4.69) is 33.0 Å². The number of aryl methyl sites for hydroxylation is 3. The van der Waals surface area contributed by atoms with Crippen molar-refractivity contribution in [1.82, 2.24) is 9.97 Å². The minimum atomic E-state index is -1.61. The second-order valence-corrected chi connectivity index (χ2v) is 10.2. The minimum Gasteiger partial charge on any atom is -0.300 e. The van der Waals surface area contributed by atoms with Gasteiger partial charge in [-0.1, -0.05) is 69.0 Å². The fraction of sp³-hybridized carbons (Fsp3) is 0.125. The summed E-state index contributed by atoms with van der Waals surface area (Å²) in [6.45, 7) is 5.87. The second-order valence-electron chi connectivity index (χ2n) is 9.42. The largest absolute Gasteiger partial charge is 2.00 e. The Hall–Kier alpha value is -3.22. The third kappa shape index (κ3) is 5.91. The Kier molecular flexibility index (Phi) is 9.25. The molecule has 0 bridgehead atoms. The van der Waals surface area contributed by atoms with Crippen LogP contribution >= 0.6 is 15.9 Å². The van der Waals surface area contributed by atoms with Gasteiger partial charge in [0.05, 0.1) is 29.2 Å². The summed E-state index contributed by atoms with van der Waals surface area (Å²) in [5.74, 6) is -6.59. The molecule has 0 amide bonds. The Morgan fingerprint density at radius 3 is 1.71 bits per heavy atom. The van der Waals surface area contributed by atoms with Gasteiger partial charge in [-0.25, -0.2) is 4.39 Å². The van der Waals surface area contributed by atoms with Crippen molar-refractivity contribution in [2.24, 2.45) is 0 Å². The molecule has 3 aromatic carbocycles. The summed E-state index contributed by atoms with van der Waals surface area (Å²) in [5.41, 5.74) is 4.67. The van der Waals surface area contributed by atoms with Crippen molar-refractivity contribution in [3.63, 3.8) is 0 Å². The number of aromatic nitrogens is 2. The summed E-state index contributed by atoms with van der Waals surface area (Å²) in [6.07, 6.45) is 0. The van der Waals surface area contributed by atoms with Crippen LogP contribution in [0.2, 0.25) is 0 Å². The zero-order valence-electron chi connectivity index (χ0n) is 21.8. The molecule has 0 aliphatic carbocycles. The molecule has 9 heteroatoms. The predicted molar refractivity (Wildman–Crippen MR) is 146 cm³/mol. The van der Waals surface area contributed by atoms with Crippen molar-refractivity contribution in [2.75, 3.05) is 0 Å². The van der Waals surface area contributed by atoms with Crippen LogP contribution in [0, 0.1) is 62.0 Å². The molecule has 0 spiro atoms. The monoisotopic (exact) mass is 801 g/mol. The summed E-state index contributed by atoms with van der Waals surface area (Å²) >= 11 is 2.93. The van der Waals surface area contributed by atoms with E-state index in [1.165, 1.54) is 6.07 Å². The van der Waals surface area contributed by atoms with Gasteiger partial charge in [0.15, 0.2) is 0 Å². The quantitative estimate of drug-likeness (QED) is 0.101. The molecule has 5 rings (SSSR count). The van der Waals surface area contributed by atoms with E-state index in [1.54, 1.807) is 30.3 Å². The molecule has 41 heavy (non-hydrogen) atoms. The summed E-state index contributed by atoms with van der Waals surface area (Å²) in [7, 11) is 0. The van der Waals surface area contributed by atoms with E-state index in [0.717, 1.165) is 34.4 Å². The molecule has 0 aliphatic heterocycles.